The first-order valence-electron chi connectivity index (χ1n) is 10.8. The predicted molar refractivity (Wildman–Crippen MR) is 116 cm³/mol. The van der Waals surface area contributed by atoms with Crippen LogP contribution in [0, 0.1) is 5.92 Å². The number of hydrogen-bond acceptors (Lipinski definition) is 3. The summed E-state index contributed by atoms with van der Waals surface area (Å²) >= 11 is 0. The van der Waals surface area contributed by atoms with E-state index in [-0.39, 0.29) is 12.8 Å². The molecule has 2 N–H and O–H groups in total. The van der Waals surface area contributed by atoms with Gasteiger partial charge in [-0.1, -0.05) is 42.5 Å². The minimum atomic E-state index is -4.77. The Labute approximate surface area is 193 Å². The van der Waals surface area contributed by atoms with Crippen molar-refractivity contribution in [2.45, 2.75) is 43.7 Å². The molecule has 0 spiro atoms. The van der Waals surface area contributed by atoms with Crippen LogP contribution in [0.4, 0.5) is 23.2 Å². The number of nitrogens with one attached hydrogen (secondary N) is 2. The van der Waals surface area contributed by atoms with Crippen molar-refractivity contribution in [3.05, 3.63) is 54.1 Å². The highest BCUT2D eigenvalue weighted by Gasteiger charge is 2.53. The SMILES string of the molecule is CN1C(=O)C(NC(=O)C(C)(F)C(=O)NC(C2CC2)C(F)(F)F)c2ccccc2-c2ccccc21. The minimum Gasteiger partial charge on any atom is -0.341 e. The van der Waals surface area contributed by atoms with E-state index in [1.54, 1.807) is 53.8 Å². The summed E-state index contributed by atoms with van der Waals surface area (Å²) in [5, 5.41) is 3.91. The van der Waals surface area contributed by atoms with Crippen LogP contribution < -0.4 is 15.5 Å². The largest absolute Gasteiger partial charge is 0.408 e. The zero-order valence-corrected chi connectivity index (χ0v) is 18.4. The standard InChI is InChI=1S/C24H23F4N3O3/c1-23(25,22(34)30-19(13-11-12-13)24(26,27)28)21(33)29-18-16-9-4-3-7-14(16)15-8-5-6-10-17(15)31(2)20(18)32/h3-10,13,18-19H,11-12H2,1-2H3,(H,29,33)(H,30,34). The molecule has 1 fully saturated rings. The lowest BCUT2D eigenvalue weighted by Gasteiger charge is -2.28. The number of likely N-dealkylation sites (N-methyl/N-ethyl adjacent to an activating group) is 1. The lowest BCUT2D eigenvalue weighted by atomic mass is 9.94. The van der Waals surface area contributed by atoms with Gasteiger partial charge in [0.05, 0.1) is 5.69 Å². The van der Waals surface area contributed by atoms with Gasteiger partial charge in [-0.15, -0.1) is 0 Å². The number of para-hydroxylation sites is 1. The Balaban J connectivity index is 1.62. The van der Waals surface area contributed by atoms with Gasteiger partial charge >= 0.3 is 6.18 Å². The zero-order chi connectivity index (χ0) is 24.8. The Kier molecular flexibility index (Phi) is 5.87. The Morgan fingerprint density at radius 2 is 1.56 bits per heavy atom. The van der Waals surface area contributed by atoms with Crippen LogP contribution in [0.2, 0.25) is 0 Å². The maximum atomic E-state index is 15.3. The molecule has 34 heavy (non-hydrogen) atoms. The van der Waals surface area contributed by atoms with Gasteiger partial charge in [0.25, 0.3) is 23.4 Å². The third-order valence-corrected chi connectivity index (χ3v) is 6.27. The number of anilines is 1. The van der Waals surface area contributed by atoms with Gasteiger partial charge in [-0.25, -0.2) is 4.39 Å². The van der Waals surface area contributed by atoms with Crippen molar-refractivity contribution in [3.8, 4) is 11.1 Å². The summed E-state index contributed by atoms with van der Waals surface area (Å²) < 4.78 is 55.2. The molecule has 1 aliphatic carbocycles. The Morgan fingerprint density at radius 1 is 0.971 bits per heavy atom. The normalized spacial score (nSPS) is 20.4. The highest BCUT2D eigenvalue weighted by Crippen LogP contribution is 2.41. The predicted octanol–water partition coefficient (Wildman–Crippen LogP) is 3.67. The molecule has 1 heterocycles. The van der Waals surface area contributed by atoms with E-state index in [0.717, 1.165) is 0 Å². The van der Waals surface area contributed by atoms with Crippen LogP contribution in [0.25, 0.3) is 11.1 Å². The molecule has 0 aromatic heterocycles. The minimum absolute atomic E-state index is 0.250. The van der Waals surface area contributed by atoms with E-state index < -0.39 is 47.6 Å². The van der Waals surface area contributed by atoms with Gasteiger partial charge in [-0.2, -0.15) is 13.2 Å². The smallest absolute Gasteiger partial charge is 0.341 e. The van der Waals surface area contributed by atoms with E-state index in [9.17, 15) is 27.6 Å². The molecule has 3 atom stereocenters. The quantitative estimate of drug-likeness (QED) is 0.510. The van der Waals surface area contributed by atoms with Crippen molar-refractivity contribution < 1.29 is 31.9 Å². The number of fused-ring (bicyclic) bond motifs is 3. The summed E-state index contributed by atoms with van der Waals surface area (Å²) in [5.74, 6) is -4.64. The average Bonchev–Trinajstić information content (AvgIpc) is 3.64. The van der Waals surface area contributed by atoms with E-state index >= 15 is 4.39 Å². The molecule has 0 saturated heterocycles. The number of halogens is 4. The number of nitrogens with zero attached hydrogens (tertiary/aromatic N) is 1. The molecule has 1 aliphatic heterocycles. The molecule has 1 saturated carbocycles. The second-order valence-electron chi connectivity index (χ2n) is 8.74. The second-order valence-corrected chi connectivity index (χ2v) is 8.74. The lowest BCUT2D eigenvalue weighted by molar-refractivity contribution is -0.170. The van der Waals surface area contributed by atoms with Crippen LogP contribution in [-0.2, 0) is 14.4 Å². The van der Waals surface area contributed by atoms with E-state index in [0.29, 0.717) is 29.3 Å². The van der Waals surface area contributed by atoms with Crippen molar-refractivity contribution in [1.82, 2.24) is 10.6 Å². The number of rotatable bonds is 5. The molecule has 0 bridgehead atoms. The third kappa shape index (κ3) is 4.24. The Morgan fingerprint density at radius 3 is 2.18 bits per heavy atom. The van der Waals surface area contributed by atoms with Gasteiger partial charge < -0.3 is 15.5 Å². The molecule has 6 nitrogen and oxygen atoms in total. The van der Waals surface area contributed by atoms with Crippen molar-refractivity contribution in [3.63, 3.8) is 0 Å². The van der Waals surface area contributed by atoms with Crippen LogP contribution in [-0.4, -0.2) is 42.7 Å². The van der Waals surface area contributed by atoms with Gasteiger partial charge in [0.15, 0.2) is 0 Å². The zero-order valence-electron chi connectivity index (χ0n) is 18.4. The van der Waals surface area contributed by atoms with Crippen LogP contribution in [0.3, 0.4) is 0 Å². The first kappa shape index (κ1) is 23.7. The van der Waals surface area contributed by atoms with E-state index in [2.05, 4.69) is 5.32 Å². The number of alkyl halides is 4. The van der Waals surface area contributed by atoms with Crippen LogP contribution in [0.15, 0.2) is 48.5 Å². The summed E-state index contributed by atoms with van der Waals surface area (Å²) in [6.07, 6.45) is -4.27. The summed E-state index contributed by atoms with van der Waals surface area (Å²) in [6.45, 7) is 0.587. The maximum absolute atomic E-state index is 15.3. The van der Waals surface area contributed by atoms with Gasteiger partial charge in [0.1, 0.15) is 12.1 Å². The van der Waals surface area contributed by atoms with Crippen LogP contribution in [0.1, 0.15) is 31.4 Å². The molecular formula is C24H23F4N3O3. The second kappa shape index (κ2) is 8.41. The molecular weight excluding hydrogens is 454 g/mol. The third-order valence-electron chi connectivity index (χ3n) is 6.27. The summed E-state index contributed by atoms with van der Waals surface area (Å²) in [5.41, 5.74) is -1.07. The van der Waals surface area contributed by atoms with E-state index in [4.69, 9.17) is 0 Å². The van der Waals surface area contributed by atoms with Gasteiger partial charge in [0.2, 0.25) is 0 Å². The number of hydrogen-bond donors (Lipinski definition) is 2. The summed E-state index contributed by atoms with van der Waals surface area (Å²) in [4.78, 5) is 39.8. The number of carbonyl (C=O) groups excluding carboxylic acids is 3. The van der Waals surface area contributed by atoms with E-state index in [1.165, 1.54) is 11.9 Å². The molecule has 2 aromatic carbocycles. The molecule has 3 unspecified atom stereocenters. The molecule has 180 valence electrons. The molecule has 4 rings (SSSR count). The molecule has 2 aromatic rings. The maximum Gasteiger partial charge on any atom is 0.408 e. The van der Waals surface area contributed by atoms with Crippen LogP contribution >= 0.6 is 0 Å². The summed E-state index contributed by atoms with van der Waals surface area (Å²) in [7, 11) is 1.50. The first-order valence-corrected chi connectivity index (χ1v) is 10.8. The van der Waals surface area contributed by atoms with Crippen LogP contribution in [0.5, 0.6) is 0 Å². The highest BCUT2D eigenvalue weighted by molar-refractivity contribution is 6.11. The number of carbonyl (C=O) groups is 3. The Hall–Kier alpha value is -3.43. The van der Waals surface area contributed by atoms with Crippen molar-refractivity contribution in [2.75, 3.05) is 11.9 Å². The number of amides is 3. The fourth-order valence-electron chi connectivity index (χ4n) is 4.12. The molecule has 10 heteroatoms. The van der Waals surface area contributed by atoms with Gasteiger partial charge in [0, 0.05) is 12.6 Å². The summed E-state index contributed by atoms with van der Waals surface area (Å²) in [6, 6.07) is 10.2. The molecule has 0 radical (unpaired) electrons. The Bertz CT molecular complexity index is 1140. The van der Waals surface area contributed by atoms with Crippen molar-refractivity contribution in [2.24, 2.45) is 5.92 Å². The average molecular weight is 477 g/mol. The fraction of sp³-hybridized carbons (Fsp3) is 0.375. The highest BCUT2D eigenvalue weighted by atomic mass is 19.4. The van der Waals surface area contributed by atoms with E-state index in [1.807, 2.05) is 0 Å². The molecule has 2 aliphatic rings. The fourth-order valence-corrected chi connectivity index (χ4v) is 4.12. The molecule has 3 amide bonds. The van der Waals surface area contributed by atoms with Gasteiger partial charge in [-0.3, -0.25) is 14.4 Å². The van der Waals surface area contributed by atoms with Crippen molar-refractivity contribution >= 4 is 23.4 Å². The monoisotopic (exact) mass is 477 g/mol. The van der Waals surface area contributed by atoms with Crippen molar-refractivity contribution in [1.29, 1.82) is 0 Å². The first-order chi connectivity index (χ1) is 15.9. The topological polar surface area (TPSA) is 78.5 Å². The lowest BCUT2D eigenvalue weighted by Crippen LogP contribution is -2.58. The van der Waals surface area contributed by atoms with Gasteiger partial charge in [-0.05, 0) is 42.9 Å². The number of benzene rings is 2.